The summed E-state index contributed by atoms with van der Waals surface area (Å²) in [5.41, 5.74) is 3.42. The van der Waals surface area contributed by atoms with Crippen molar-refractivity contribution in [3.05, 3.63) is 114 Å². The van der Waals surface area contributed by atoms with Gasteiger partial charge in [0.15, 0.2) is 40.3 Å². The molecule has 0 spiro atoms. The Balaban J connectivity index is 0.969. The van der Waals surface area contributed by atoms with Crippen molar-refractivity contribution in [2.24, 2.45) is 0 Å². The van der Waals surface area contributed by atoms with Gasteiger partial charge in [0.1, 0.15) is 19.0 Å². The van der Waals surface area contributed by atoms with Crippen LogP contribution in [-0.2, 0) is 25.4 Å². The lowest BCUT2D eigenvalue weighted by Crippen LogP contribution is -2.37. The maximum atomic E-state index is 15.8. The summed E-state index contributed by atoms with van der Waals surface area (Å²) in [6.45, 7) is 6.15. The zero-order valence-electron chi connectivity index (χ0n) is 36.0. The number of halogens is 1. The summed E-state index contributed by atoms with van der Waals surface area (Å²) < 4.78 is 61.4. The molecule has 4 aromatic carbocycles. The van der Waals surface area contributed by atoms with E-state index in [0.717, 1.165) is 50.5 Å². The van der Waals surface area contributed by atoms with Gasteiger partial charge in [-0.25, -0.2) is 4.39 Å². The van der Waals surface area contributed by atoms with Gasteiger partial charge in [-0.2, -0.15) is 5.06 Å². The zero-order chi connectivity index (χ0) is 44.3. The molecule has 2 aliphatic heterocycles. The Morgan fingerprint density at radius 3 is 2.09 bits per heavy atom. The van der Waals surface area contributed by atoms with Crippen molar-refractivity contribution in [1.29, 1.82) is 0 Å². The Labute approximate surface area is 370 Å². The third-order valence-corrected chi connectivity index (χ3v) is 10.6. The zero-order valence-corrected chi connectivity index (χ0v) is 36.0. The molecule has 8 rings (SSSR count). The van der Waals surface area contributed by atoms with Gasteiger partial charge in [-0.1, -0.05) is 18.2 Å². The molecule has 1 saturated heterocycles. The van der Waals surface area contributed by atoms with Gasteiger partial charge in [-0.15, -0.1) is 0 Å². The number of amides is 1. The molecule has 64 heavy (non-hydrogen) atoms. The topological polar surface area (TPSA) is 144 Å². The number of rotatable bonds is 20. The second-order valence-electron chi connectivity index (χ2n) is 14.9. The fourth-order valence-corrected chi connectivity index (χ4v) is 7.34. The standard InChI is InChI=1S/C48H50FN5O10/c1-56-21-23-61-45-28-36-39(30-47(45)62-24-22-57-2)51-14-12-42(36)64-54-31-33(25-32-7-4-5-8-40(32)54)48(55)52-34-9-10-43(37(49)26-34)63-41-11-13-50-38-29-46(44(58-3)27-35(38)41)60-18-6-15-53-16-19-59-20-17-53/h4-5,7-14,26-31H,6,15-25H2,1-3H3,(H,52,55). The maximum Gasteiger partial charge on any atom is 0.253 e. The number of ether oxygens (including phenoxy) is 8. The quantitative estimate of drug-likeness (QED) is 0.0747. The third-order valence-electron chi connectivity index (χ3n) is 10.6. The number of hydrogen-bond donors (Lipinski definition) is 1. The average Bonchev–Trinajstić information content (AvgIpc) is 3.31. The molecule has 16 heteroatoms. The number of hydroxylamine groups is 1. The summed E-state index contributed by atoms with van der Waals surface area (Å²) in [6, 6.07) is 22.4. The summed E-state index contributed by atoms with van der Waals surface area (Å²) in [5, 5.41) is 5.65. The van der Waals surface area contributed by atoms with Crippen molar-refractivity contribution < 1.29 is 51.9 Å². The SMILES string of the molecule is COCCOc1cc2nccc(ON3C=C(C(=O)Nc4ccc(Oc5ccnc6cc(OCCCN7CCOCC7)c(OC)cc56)c(F)c4)Cc4ccccc43)c2cc1OCCOC. The largest absolute Gasteiger partial charge is 0.493 e. The molecule has 334 valence electrons. The summed E-state index contributed by atoms with van der Waals surface area (Å²) in [4.78, 5) is 31.8. The highest BCUT2D eigenvalue weighted by Gasteiger charge is 2.25. The smallest absolute Gasteiger partial charge is 0.253 e. The Morgan fingerprint density at radius 2 is 1.38 bits per heavy atom. The first kappa shape index (κ1) is 43.9. The molecule has 0 saturated carbocycles. The molecule has 0 aliphatic carbocycles. The number of hydrogen-bond acceptors (Lipinski definition) is 14. The van der Waals surface area contributed by atoms with Gasteiger partial charge in [0.25, 0.3) is 5.91 Å². The van der Waals surface area contributed by atoms with Crippen LogP contribution in [-0.4, -0.2) is 108 Å². The van der Waals surface area contributed by atoms with Crippen molar-refractivity contribution in [2.45, 2.75) is 12.8 Å². The number of methoxy groups -OCH3 is 3. The highest BCUT2D eigenvalue weighted by molar-refractivity contribution is 6.05. The van der Waals surface area contributed by atoms with Gasteiger partial charge in [0, 0.05) is 99.0 Å². The highest BCUT2D eigenvalue weighted by atomic mass is 19.1. The normalized spacial score (nSPS) is 13.9. The van der Waals surface area contributed by atoms with E-state index in [1.807, 2.05) is 24.3 Å². The van der Waals surface area contributed by atoms with Gasteiger partial charge in [-0.05, 0) is 48.4 Å². The number of carbonyl (C=O) groups is 1. The first-order valence-corrected chi connectivity index (χ1v) is 21.0. The van der Waals surface area contributed by atoms with E-state index in [1.165, 1.54) is 12.1 Å². The van der Waals surface area contributed by atoms with E-state index >= 15 is 4.39 Å². The van der Waals surface area contributed by atoms with Crippen LogP contribution in [0.1, 0.15) is 12.0 Å². The average molecular weight is 876 g/mol. The molecule has 2 aromatic heterocycles. The van der Waals surface area contributed by atoms with Crippen molar-refractivity contribution in [1.82, 2.24) is 14.9 Å². The Bertz CT molecular complexity index is 2610. The minimum atomic E-state index is -0.676. The summed E-state index contributed by atoms with van der Waals surface area (Å²) in [7, 11) is 4.77. The number of pyridine rings is 2. The molecule has 2 aliphatic rings. The van der Waals surface area contributed by atoms with Crippen LogP contribution in [0.5, 0.6) is 40.2 Å². The number of para-hydroxylation sites is 1. The van der Waals surface area contributed by atoms with Gasteiger partial charge < -0.3 is 48.0 Å². The second kappa shape index (κ2) is 21.1. The van der Waals surface area contributed by atoms with Crippen LogP contribution < -0.4 is 38.9 Å². The van der Waals surface area contributed by atoms with Gasteiger partial charge in [0.05, 0.1) is 63.1 Å². The predicted octanol–water partition coefficient (Wildman–Crippen LogP) is 7.75. The molecule has 0 unspecified atom stereocenters. The lowest BCUT2D eigenvalue weighted by atomic mass is 10.00. The molecular weight excluding hydrogens is 826 g/mol. The molecule has 1 amide bonds. The number of benzene rings is 4. The van der Waals surface area contributed by atoms with Crippen molar-refractivity contribution in [3.63, 3.8) is 0 Å². The minimum absolute atomic E-state index is 0.0382. The van der Waals surface area contributed by atoms with E-state index in [1.54, 1.807) is 87.5 Å². The fourth-order valence-electron chi connectivity index (χ4n) is 7.34. The summed E-state index contributed by atoms with van der Waals surface area (Å²) in [6.07, 6.45) is 6.00. The van der Waals surface area contributed by atoms with E-state index in [4.69, 9.17) is 42.7 Å². The van der Waals surface area contributed by atoms with E-state index in [-0.39, 0.29) is 11.4 Å². The molecule has 15 nitrogen and oxygen atoms in total. The summed E-state index contributed by atoms with van der Waals surface area (Å²) >= 11 is 0. The van der Waals surface area contributed by atoms with E-state index in [9.17, 15) is 4.79 Å². The predicted molar refractivity (Wildman–Crippen MR) is 239 cm³/mol. The number of nitrogens with zero attached hydrogens (tertiary/aromatic N) is 4. The number of anilines is 2. The van der Waals surface area contributed by atoms with Gasteiger partial charge >= 0.3 is 0 Å². The fraction of sp³-hybridized carbons (Fsp3) is 0.312. The lowest BCUT2D eigenvalue weighted by Gasteiger charge is -2.28. The molecule has 6 aromatic rings. The van der Waals surface area contributed by atoms with Crippen LogP contribution in [0.15, 0.2) is 103 Å². The van der Waals surface area contributed by atoms with E-state index in [2.05, 4.69) is 20.2 Å². The number of aromatic nitrogens is 2. The maximum absolute atomic E-state index is 15.8. The highest BCUT2D eigenvalue weighted by Crippen LogP contribution is 2.40. The van der Waals surface area contributed by atoms with E-state index in [0.29, 0.717) is 101 Å². The van der Waals surface area contributed by atoms with Crippen molar-refractivity contribution >= 4 is 39.1 Å². The molecule has 0 atom stereocenters. The molecule has 1 N–H and O–H groups in total. The van der Waals surface area contributed by atoms with Crippen LogP contribution >= 0.6 is 0 Å². The first-order valence-electron chi connectivity index (χ1n) is 21.0. The van der Waals surface area contributed by atoms with Crippen LogP contribution in [0.4, 0.5) is 15.8 Å². The molecule has 1 fully saturated rings. The van der Waals surface area contributed by atoms with Crippen molar-refractivity contribution in [2.75, 3.05) is 97.6 Å². The number of carbonyl (C=O) groups excluding carboxylic acids is 1. The summed E-state index contributed by atoms with van der Waals surface area (Å²) in [5.74, 6) is 1.72. The van der Waals surface area contributed by atoms with Gasteiger partial charge in [-0.3, -0.25) is 19.7 Å². The number of nitrogens with one attached hydrogen (secondary N) is 1. The van der Waals surface area contributed by atoms with Crippen LogP contribution in [0.3, 0.4) is 0 Å². The molecule has 0 radical (unpaired) electrons. The van der Waals surface area contributed by atoms with Crippen molar-refractivity contribution in [3.8, 4) is 40.2 Å². The second-order valence-corrected chi connectivity index (χ2v) is 14.9. The first-order chi connectivity index (χ1) is 31.4. The van der Waals surface area contributed by atoms with Crippen LogP contribution in [0, 0.1) is 5.82 Å². The Kier molecular flexibility index (Phi) is 14.5. The van der Waals surface area contributed by atoms with Gasteiger partial charge in [0.2, 0.25) is 0 Å². The molecular formula is C48H50FN5O10. The number of fused-ring (bicyclic) bond motifs is 3. The Morgan fingerprint density at radius 1 is 0.719 bits per heavy atom. The minimum Gasteiger partial charge on any atom is -0.493 e. The van der Waals surface area contributed by atoms with Crippen LogP contribution in [0.2, 0.25) is 0 Å². The van der Waals surface area contributed by atoms with E-state index < -0.39 is 11.7 Å². The Hall–Kier alpha value is -6.72. The lowest BCUT2D eigenvalue weighted by molar-refractivity contribution is -0.113. The number of morpholine rings is 1. The van der Waals surface area contributed by atoms with Crippen LogP contribution in [0.25, 0.3) is 21.8 Å². The molecule has 0 bridgehead atoms. The third kappa shape index (κ3) is 10.5. The monoisotopic (exact) mass is 875 g/mol. The molecule has 4 heterocycles.